The first-order valence-corrected chi connectivity index (χ1v) is 7.02. The minimum atomic E-state index is -0.260. The molecule has 2 aromatic rings. The average Bonchev–Trinajstić information content (AvgIpc) is 2.90. The summed E-state index contributed by atoms with van der Waals surface area (Å²) in [4.78, 5) is 26.2. The lowest BCUT2D eigenvalue weighted by Crippen LogP contribution is -2.29. The molecule has 0 aliphatic heterocycles. The Bertz CT molecular complexity index is 683. The molecule has 0 amide bonds. The van der Waals surface area contributed by atoms with E-state index in [1.54, 1.807) is 29.2 Å². The number of aryl methyl sites for hydroxylation is 1. The Hall–Kier alpha value is -2.37. The van der Waals surface area contributed by atoms with Crippen LogP contribution in [0.4, 0.5) is 5.69 Å². The van der Waals surface area contributed by atoms with Gasteiger partial charge in [-0.2, -0.15) is 5.10 Å². The SMILES string of the molecule is CCN(CC)c1cnn(CC(=O)c2ccn(C)c2)c(=O)c1. The maximum absolute atomic E-state index is 12.1. The van der Waals surface area contributed by atoms with Crippen LogP contribution in [0.3, 0.4) is 0 Å². The van der Waals surface area contributed by atoms with E-state index in [-0.39, 0.29) is 17.9 Å². The maximum atomic E-state index is 12.1. The fourth-order valence-electron chi connectivity index (χ4n) is 2.20. The van der Waals surface area contributed by atoms with E-state index in [9.17, 15) is 9.59 Å². The molecule has 2 rings (SSSR count). The van der Waals surface area contributed by atoms with E-state index < -0.39 is 0 Å². The molecule has 0 N–H and O–H groups in total. The fourth-order valence-corrected chi connectivity index (χ4v) is 2.20. The molecule has 0 spiro atoms. The predicted molar refractivity (Wildman–Crippen MR) is 81.8 cm³/mol. The third-order valence-electron chi connectivity index (χ3n) is 3.43. The Morgan fingerprint density at radius 1 is 1.33 bits per heavy atom. The van der Waals surface area contributed by atoms with Crippen molar-refractivity contribution < 1.29 is 4.79 Å². The molecule has 0 saturated heterocycles. The molecule has 6 nitrogen and oxygen atoms in total. The monoisotopic (exact) mass is 288 g/mol. The van der Waals surface area contributed by atoms with Crippen molar-refractivity contribution in [3.8, 4) is 0 Å². The molecular weight excluding hydrogens is 268 g/mol. The van der Waals surface area contributed by atoms with Gasteiger partial charge in [0.1, 0.15) is 6.54 Å². The topological polar surface area (TPSA) is 60.1 Å². The summed E-state index contributed by atoms with van der Waals surface area (Å²) in [7, 11) is 1.85. The number of anilines is 1. The number of aromatic nitrogens is 3. The van der Waals surface area contributed by atoms with E-state index in [0.29, 0.717) is 5.56 Å². The Labute approximate surface area is 123 Å². The van der Waals surface area contributed by atoms with Crippen LogP contribution in [0.15, 0.2) is 35.5 Å². The Balaban J connectivity index is 2.18. The summed E-state index contributed by atoms with van der Waals surface area (Å²) in [5, 5.41) is 4.10. The van der Waals surface area contributed by atoms with Crippen LogP contribution in [-0.4, -0.2) is 33.2 Å². The first kappa shape index (κ1) is 15.0. The zero-order valence-electron chi connectivity index (χ0n) is 12.6. The highest BCUT2D eigenvalue weighted by Crippen LogP contribution is 2.08. The number of nitrogens with zero attached hydrogens (tertiary/aromatic N) is 4. The number of hydrogen-bond donors (Lipinski definition) is 0. The van der Waals surface area contributed by atoms with Crippen LogP contribution in [0.25, 0.3) is 0 Å². The molecule has 2 aromatic heterocycles. The van der Waals surface area contributed by atoms with Crippen LogP contribution in [0.2, 0.25) is 0 Å². The van der Waals surface area contributed by atoms with Gasteiger partial charge in [-0.25, -0.2) is 4.68 Å². The zero-order valence-corrected chi connectivity index (χ0v) is 12.6. The van der Waals surface area contributed by atoms with Gasteiger partial charge in [-0.15, -0.1) is 0 Å². The third kappa shape index (κ3) is 3.39. The number of carbonyl (C=O) groups is 1. The van der Waals surface area contributed by atoms with Gasteiger partial charge in [0.2, 0.25) is 0 Å². The minimum Gasteiger partial charge on any atom is -0.371 e. The van der Waals surface area contributed by atoms with Gasteiger partial charge in [-0.3, -0.25) is 9.59 Å². The molecule has 0 fully saturated rings. The van der Waals surface area contributed by atoms with Gasteiger partial charge in [-0.05, 0) is 19.9 Å². The van der Waals surface area contributed by atoms with Gasteiger partial charge in [0.05, 0.1) is 11.9 Å². The molecule has 0 saturated carbocycles. The number of carbonyl (C=O) groups excluding carboxylic acids is 1. The van der Waals surface area contributed by atoms with Crippen LogP contribution in [-0.2, 0) is 13.6 Å². The highest BCUT2D eigenvalue weighted by Gasteiger charge is 2.11. The van der Waals surface area contributed by atoms with Crippen molar-refractivity contribution in [2.45, 2.75) is 20.4 Å². The molecule has 0 aliphatic carbocycles. The number of hydrogen-bond acceptors (Lipinski definition) is 4. The average molecular weight is 288 g/mol. The minimum absolute atomic E-state index is 0.0403. The van der Waals surface area contributed by atoms with Gasteiger partial charge in [0.15, 0.2) is 5.78 Å². The second-order valence-corrected chi connectivity index (χ2v) is 4.87. The molecule has 0 radical (unpaired) electrons. The van der Waals surface area contributed by atoms with Crippen molar-refractivity contribution in [1.82, 2.24) is 14.3 Å². The summed E-state index contributed by atoms with van der Waals surface area (Å²) < 4.78 is 3.00. The normalized spacial score (nSPS) is 10.6. The molecule has 0 unspecified atom stereocenters. The summed E-state index contributed by atoms with van der Waals surface area (Å²) in [5.41, 5.74) is 1.11. The second-order valence-electron chi connectivity index (χ2n) is 4.87. The molecule has 0 aromatic carbocycles. The Kier molecular flexibility index (Phi) is 4.57. The maximum Gasteiger partial charge on any atom is 0.269 e. The van der Waals surface area contributed by atoms with E-state index in [1.165, 1.54) is 10.7 Å². The van der Waals surface area contributed by atoms with E-state index in [2.05, 4.69) is 5.10 Å². The number of Topliss-reactive ketones (excluding diaryl/α,β-unsaturated/α-hetero) is 1. The predicted octanol–water partition coefficient (Wildman–Crippen LogP) is 1.31. The third-order valence-corrected chi connectivity index (χ3v) is 3.43. The molecule has 2 heterocycles. The molecule has 112 valence electrons. The van der Waals surface area contributed by atoms with Gasteiger partial charge >= 0.3 is 0 Å². The molecule has 6 heteroatoms. The lowest BCUT2D eigenvalue weighted by atomic mass is 10.2. The highest BCUT2D eigenvalue weighted by molar-refractivity contribution is 5.95. The largest absolute Gasteiger partial charge is 0.371 e. The summed E-state index contributed by atoms with van der Waals surface area (Å²) in [6.07, 6.45) is 5.16. The first-order valence-electron chi connectivity index (χ1n) is 7.02. The zero-order chi connectivity index (χ0) is 15.4. The van der Waals surface area contributed by atoms with E-state index in [1.807, 2.05) is 25.8 Å². The summed E-state index contributed by atoms with van der Waals surface area (Å²) in [5.74, 6) is -0.124. The van der Waals surface area contributed by atoms with Crippen LogP contribution in [0, 0.1) is 0 Å². The van der Waals surface area contributed by atoms with E-state index in [0.717, 1.165) is 18.8 Å². The van der Waals surface area contributed by atoms with Gasteiger partial charge < -0.3 is 9.47 Å². The van der Waals surface area contributed by atoms with Crippen molar-refractivity contribution in [1.29, 1.82) is 0 Å². The van der Waals surface area contributed by atoms with Crippen molar-refractivity contribution in [3.05, 3.63) is 46.6 Å². The summed E-state index contributed by atoms with van der Waals surface area (Å²) in [6, 6.07) is 3.26. The quantitative estimate of drug-likeness (QED) is 0.752. The molecule has 0 atom stereocenters. The number of ketones is 1. The second kappa shape index (κ2) is 6.39. The molecular formula is C15H20N4O2. The molecule has 0 bridgehead atoms. The number of rotatable bonds is 6. The van der Waals surface area contributed by atoms with Crippen LogP contribution >= 0.6 is 0 Å². The van der Waals surface area contributed by atoms with Gasteiger partial charge in [0, 0.05) is 44.2 Å². The van der Waals surface area contributed by atoms with Crippen LogP contribution in [0.5, 0.6) is 0 Å². The first-order chi connectivity index (χ1) is 10.0. The standard InChI is InChI=1S/C15H20N4O2/c1-4-18(5-2)13-8-15(21)19(16-9-13)11-14(20)12-6-7-17(3)10-12/h6-10H,4-5,11H2,1-3H3. The Morgan fingerprint density at radius 2 is 2.05 bits per heavy atom. The van der Waals surface area contributed by atoms with Crippen molar-refractivity contribution >= 4 is 11.5 Å². The lowest BCUT2D eigenvalue weighted by molar-refractivity contribution is 0.0965. The Morgan fingerprint density at radius 3 is 2.57 bits per heavy atom. The smallest absolute Gasteiger partial charge is 0.269 e. The summed E-state index contributed by atoms with van der Waals surface area (Å²) in [6.45, 7) is 5.62. The van der Waals surface area contributed by atoms with E-state index in [4.69, 9.17) is 0 Å². The van der Waals surface area contributed by atoms with Gasteiger partial charge in [0.25, 0.3) is 5.56 Å². The summed E-state index contributed by atoms with van der Waals surface area (Å²) >= 11 is 0. The lowest BCUT2D eigenvalue weighted by Gasteiger charge is -2.20. The molecule has 21 heavy (non-hydrogen) atoms. The highest BCUT2D eigenvalue weighted by atomic mass is 16.1. The fraction of sp³-hybridized carbons (Fsp3) is 0.400. The molecule has 0 aliphatic rings. The van der Waals surface area contributed by atoms with Gasteiger partial charge in [-0.1, -0.05) is 0 Å². The van der Waals surface area contributed by atoms with Crippen molar-refractivity contribution in [2.75, 3.05) is 18.0 Å². The van der Waals surface area contributed by atoms with Crippen LogP contribution in [0.1, 0.15) is 24.2 Å². The van der Waals surface area contributed by atoms with Crippen LogP contribution < -0.4 is 10.5 Å². The van der Waals surface area contributed by atoms with Crippen molar-refractivity contribution in [3.63, 3.8) is 0 Å². The van der Waals surface area contributed by atoms with E-state index >= 15 is 0 Å². The van der Waals surface area contributed by atoms with Crippen molar-refractivity contribution in [2.24, 2.45) is 7.05 Å².